The molecule has 124 valence electrons. The van der Waals surface area contributed by atoms with Crippen LogP contribution in [0.4, 0.5) is 5.69 Å². The van der Waals surface area contributed by atoms with Gasteiger partial charge in [0.05, 0.1) is 0 Å². The van der Waals surface area contributed by atoms with Crippen molar-refractivity contribution in [2.75, 3.05) is 31.1 Å². The average Bonchev–Trinajstić information content (AvgIpc) is 3.08. The Morgan fingerprint density at radius 1 is 1.09 bits per heavy atom. The van der Waals surface area contributed by atoms with Gasteiger partial charge in [-0.15, -0.1) is 0 Å². The summed E-state index contributed by atoms with van der Waals surface area (Å²) in [6.07, 6.45) is 5.15. The smallest absolute Gasteiger partial charge is 0.169 e. The van der Waals surface area contributed by atoms with Crippen LogP contribution in [0.15, 0.2) is 24.3 Å². The van der Waals surface area contributed by atoms with E-state index in [1.54, 1.807) is 6.92 Å². The molecule has 0 amide bonds. The molecule has 0 spiro atoms. The van der Waals surface area contributed by atoms with Gasteiger partial charge >= 0.3 is 0 Å². The minimum absolute atomic E-state index is 0.115. The van der Waals surface area contributed by atoms with Crippen LogP contribution in [0.5, 0.6) is 0 Å². The Kier molecular flexibility index (Phi) is 5.16. The van der Waals surface area contributed by atoms with Gasteiger partial charge in [-0.25, -0.2) is 0 Å². The molecule has 1 heterocycles. The average molecular weight is 331 g/mol. The molecule has 4 nitrogen and oxygen atoms in total. The predicted molar refractivity (Wildman–Crippen MR) is 98.2 cm³/mol. The molecule has 1 N–H and O–H groups in total. The Balaban J connectivity index is 1.51. The van der Waals surface area contributed by atoms with Crippen LogP contribution in [0, 0.1) is 0 Å². The van der Waals surface area contributed by atoms with Gasteiger partial charge < -0.3 is 15.1 Å². The first kappa shape index (κ1) is 16.2. The number of piperazine rings is 1. The van der Waals surface area contributed by atoms with Gasteiger partial charge in [-0.1, -0.05) is 12.8 Å². The summed E-state index contributed by atoms with van der Waals surface area (Å²) in [6.45, 7) is 5.43. The lowest BCUT2D eigenvalue weighted by Gasteiger charge is -2.38. The number of carbonyl (C=O) groups is 1. The molecule has 1 aromatic carbocycles. The van der Waals surface area contributed by atoms with Crippen molar-refractivity contribution in [1.82, 2.24) is 10.2 Å². The van der Waals surface area contributed by atoms with Gasteiger partial charge in [-0.3, -0.25) is 4.79 Å². The highest BCUT2D eigenvalue weighted by molar-refractivity contribution is 7.80. The molecule has 1 aromatic rings. The fourth-order valence-corrected chi connectivity index (χ4v) is 3.76. The summed E-state index contributed by atoms with van der Waals surface area (Å²) in [5.41, 5.74) is 1.96. The van der Waals surface area contributed by atoms with E-state index in [0.29, 0.717) is 6.04 Å². The highest BCUT2D eigenvalue weighted by Crippen LogP contribution is 2.20. The van der Waals surface area contributed by atoms with E-state index in [-0.39, 0.29) is 5.78 Å². The molecule has 1 saturated carbocycles. The molecular weight excluding hydrogens is 306 g/mol. The summed E-state index contributed by atoms with van der Waals surface area (Å²) < 4.78 is 0. The lowest BCUT2D eigenvalue weighted by molar-refractivity contribution is 0.101. The van der Waals surface area contributed by atoms with Gasteiger partial charge in [0.2, 0.25) is 0 Å². The number of hydrogen-bond acceptors (Lipinski definition) is 3. The third kappa shape index (κ3) is 4.02. The zero-order valence-electron chi connectivity index (χ0n) is 13.8. The zero-order valence-corrected chi connectivity index (χ0v) is 14.6. The number of nitrogens with one attached hydrogen (secondary N) is 1. The van der Waals surface area contributed by atoms with Crippen molar-refractivity contribution in [3.05, 3.63) is 29.8 Å². The lowest BCUT2D eigenvalue weighted by Crippen LogP contribution is -2.53. The molecule has 0 radical (unpaired) electrons. The Morgan fingerprint density at radius 2 is 1.70 bits per heavy atom. The molecule has 0 unspecified atom stereocenters. The van der Waals surface area contributed by atoms with Crippen molar-refractivity contribution in [3.63, 3.8) is 0 Å². The molecule has 5 heteroatoms. The molecule has 0 atom stereocenters. The molecule has 2 aliphatic rings. The second-order valence-corrected chi connectivity index (χ2v) is 6.89. The maximum absolute atomic E-state index is 11.4. The number of Topliss-reactive ketones (excluding diaryl/α,β-unsaturated/α-hetero) is 1. The van der Waals surface area contributed by atoms with Gasteiger partial charge in [-0.2, -0.15) is 0 Å². The normalized spacial score (nSPS) is 19.0. The van der Waals surface area contributed by atoms with E-state index >= 15 is 0 Å². The first-order valence-electron chi connectivity index (χ1n) is 8.55. The van der Waals surface area contributed by atoms with Crippen molar-refractivity contribution >= 4 is 28.8 Å². The summed E-state index contributed by atoms with van der Waals surface area (Å²) >= 11 is 5.57. The van der Waals surface area contributed by atoms with Crippen LogP contribution >= 0.6 is 12.2 Å². The number of hydrogen-bond donors (Lipinski definition) is 1. The van der Waals surface area contributed by atoms with Crippen LogP contribution < -0.4 is 10.2 Å². The molecule has 1 saturated heterocycles. The minimum Gasteiger partial charge on any atom is -0.368 e. The number of thiocarbonyl (C=S) groups is 1. The SMILES string of the molecule is CC(=O)c1ccc(N2CCN(C(=S)NC3CCCC3)CC2)cc1. The van der Waals surface area contributed by atoms with Crippen molar-refractivity contribution in [1.29, 1.82) is 0 Å². The van der Waals surface area contributed by atoms with Gasteiger partial charge in [0.1, 0.15) is 0 Å². The topological polar surface area (TPSA) is 35.6 Å². The molecule has 0 aromatic heterocycles. The number of benzene rings is 1. The Hall–Kier alpha value is -1.62. The number of ketones is 1. The highest BCUT2D eigenvalue weighted by Gasteiger charge is 2.22. The second-order valence-electron chi connectivity index (χ2n) is 6.51. The monoisotopic (exact) mass is 331 g/mol. The lowest BCUT2D eigenvalue weighted by atomic mass is 10.1. The number of nitrogens with zero attached hydrogens (tertiary/aromatic N) is 2. The van der Waals surface area contributed by atoms with Gasteiger partial charge in [-0.05, 0) is 56.2 Å². The van der Waals surface area contributed by atoms with E-state index in [2.05, 4.69) is 15.1 Å². The van der Waals surface area contributed by atoms with E-state index in [4.69, 9.17) is 12.2 Å². The van der Waals surface area contributed by atoms with Crippen LogP contribution in [0.3, 0.4) is 0 Å². The third-order valence-corrected chi connectivity index (χ3v) is 5.26. The summed E-state index contributed by atoms with van der Waals surface area (Å²) in [6, 6.07) is 8.50. The zero-order chi connectivity index (χ0) is 16.2. The number of rotatable bonds is 3. The van der Waals surface area contributed by atoms with E-state index in [1.165, 1.54) is 31.4 Å². The highest BCUT2D eigenvalue weighted by atomic mass is 32.1. The van der Waals surface area contributed by atoms with Crippen LogP contribution in [0.2, 0.25) is 0 Å². The fraction of sp³-hybridized carbons (Fsp3) is 0.556. The quantitative estimate of drug-likeness (QED) is 0.681. The first-order chi connectivity index (χ1) is 11.1. The van der Waals surface area contributed by atoms with Crippen LogP contribution in [0.1, 0.15) is 43.0 Å². The summed E-state index contributed by atoms with van der Waals surface area (Å²) in [7, 11) is 0. The van der Waals surface area contributed by atoms with Crippen molar-refractivity contribution in [2.24, 2.45) is 0 Å². The fourth-order valence-electron chi connectivity index (χ4n) is 3.41. The molecule has 2 fully saturated rings. The second kappa shape index (κ2) is 7.30. The van der Waals surface area contributed by atoms with Crippen LogP contribution in [-0.4, -0.2) is 48.0 Å². The standard InChI is InChI=1S/C18H25N3OS/c1-14(22)15-6-8-17(9-7-15)20-10-12-21(13-11-20)18(23)19-16-4-2-3-5-16/h6-9,16H,2-5,10-13H2,1H3,(H,19,23). The predicted octanol–water partition coefficient (Wildman–Crippen LogP) is 2.83. The Morgan fingerprint density at radius 3 is 2.26 bits per heavy atom. The molecule has 23 heavy (non-hydrogen) atoms. The first-order valence-corrected chi connectivity index (χ1v) is 8.96. The number of carbonyl (C=O) groups excluding carboxylic acids is 1. The van der Waals surface area contributed by atoms with E-state index in [1.807, 2.05) is 24.3 Å². The molecule has 0 bridgehead atoms. The van der Waals surface area contributed by atoms with Gasteiger partial charge in [0.15, 0.2) is 10.9 Å². The maximum atomic E-state index is 11.4. The Labute approximate surface area is 143 Å². The molecule has 1 aliphatic carbocycles. The van der Waals surface area contributed by atoms with Crippen LogP contribution in [-0.2, 0) is 0 Å². The van der Waals surface area contributed by atoms with Crippen molar-refractivity contribution in [3.8, 4) is 0 Å². The van der Waals surface area contributed by atoms with Crippen LogP contribution in [0.25, 0.3) is 0 Å². The third-order valence-electron chi connectivity index (χ3n) is 4.89. The van der Waals surface area contributed by atoms with Gasteiger partial charge in [0, 0.05) is 43.5 Å². The van der Waals surface area contributed by atoms with Gasteiger partial charge in [0.25, 0.3) is 0 Å². The van der Waals surface area contributed by atoms with E-state index in [9.17, 15) is 4.79 Å². The Bertz CT molecular complexity index is 558. The van der Waals surface area contributed by atoms with E-state index < -0.39 is 0 Å². The summed E-state index contributed by atoms with van der Waals surface area (Å²) in [5, 5.41) is 4.44. The van der Waals surface area contributed by atoms with E-state index in [0.717, 1.165) is 36.9 Å². The summed E-state index contributed by atoms with van der Waals surface area (Å²) in [4.78, 5) is 16.0. The summed E-state index contributed by atoms with van der Waals surface area (Å²) in [5.74, 6) is 0.115. The minimum atomic E-state index is 0.115. The van der Waals surface area contributed by atoms with Crippen molar-refractivity contribution in [2.45, 2.75) is 38.6 Å². The van der Waals surface area contributed by atoms with Crippen molar-refractivity contribution < 1.29 is 4.79 Å². The molecule has 1 aliphatic heterocycles. The number of anilines is 1. The maximum Gasteiger partial charge on any atom is 0.169 e. The molecule has 3 rings (SSSR count). The molecular formula is C18H25N3OS. The largest absolute Gasteiger partial charge is 0.368 e.